The van der Waals surface area contributed by atoms with Gasteiger partial charge in [0, 0.05) is 12.0 Å². The number of carbonyl (C=O) groups excluding carboxylic acids is 1. The summed E-state index contributed by atoms with van der Waals surface area (Å²) in [5, 5.41) is 10.5. The highest BCUT2D eigenvalue weighted by molar-refractivity contribution is 5.90. The quantitative estimate of drug-likeness (QED) is 0.833. The fourth-order valence-electron chi connectivity index (χ4n) is 3.10. The highest BCUT2D eigenvalue weighted by atomic mass is 16.6. The Morgan fingerprint density at radius 3 is 2.38 bits per heavy atom. The van der Waals surface area contributed by atoms with Gasteiger partial charge in [0.05, 0.1) is 17.8 Å². The molecule has 3 rings (SSSR count). The van der Waals surface area contributed by atoms with Crippen molar-refractivity contribution in [3.63, 3.8) is 0 Å². The summed E-state index contributed by atoms with van der Waals surface area (Å²) in [7, 11) is 0. The average molecular weight is 325 g/mol. The fraction of sp³-hybridized carbons (Fsp3) is 0.350. The normalized spacial score (nSPS) is 20.4. The molecule has 1 heterocycles. The third-order valence-electron chi connectivity index (χ3n) is 4.09. The van der Waals surface area contributed by atoms with Crippen molar-refractivity contribution >= 4 is 11.8 Å². The van der Waals surface area contributed by atoms with E-state index in [1.165, 1.54) is 0 Å². The Kier molecular flexibility index (Phi) is 4.33. The van der Waals surface area contributed by atoms with Crippen LogP contribution in [-0.4, -0.2) is 16.8 Å². The van der Waals surface area contributed by atoms with Crippen LogP contribution in [0, 0.1) is 0 Å². The van der Waals surface area contributed by atoms with Gasteiger partial charge >= 0.3 is 6.09 Å². The standard InChI is InChI=1S/C20H23NO3/c1-20(2,3)24-19(23)21-16-12-8-7-11-15(16)18(22)13-17(21)14-9-5-4-6-10-14/h4-12,17-18,22H,13H2,1-3H3/t17-,18-/m0/s1. The topological polar surface area (TPSA) is 49.8 Å². The Morgan fingerprint density at radius 1 is 1.08 bits per heavy atom. The number of carbonyl (C=O) groups is 1. The predicted molar refractivity (Wildman–Crippen MR) is 93.9 cm³/mol. The number of aliphatic hydroxyl groups excluding tert-OH is 1. The van der Waals surface area contributed by atoms with E-state index in [2.05, 4.69) is 0 Å². The molecule has 4 heteroatoms. The molecule has 1 N–H and O–H groups in total. The molecule has 2 aromatic carbocycles. The number of nitrogens with zero attached hydrogens (tertiary/aromatic N) is 1. The van der Waals surface area contributed by atoms with Gasteiger partial charge in [0.15, 0.2) is 0 Å². The number of rotatable bonds is 1. The first-order chi connectivity index (χ1) is 11.4. The molecule has 0 spiro atoms. The summed E-state index contributed by atoms with van der Waals surface area (Å²) in [6.45, 7) is 5.56. The largest absolute Gasteiger partial charge is 0.443 e. The minimum Gasteiger partial charge on any atom is -0.443 e. The van der Waals surface area contributed by atoms with Gasteiger partial charge in [0.25, 0.3) is 0 Å². The van der Waals surface area contributed by atoms with Gasteiger partial charge in [-0.25, -0.2) is 4.79 Å². The van der Waals surface area contributed by atoms with E-state index in [1.54, 1.807) is 4.90 Å². The van der Waals surface area contributed by atoms with Crippen molar-refractivity contribution in [3.05, 3.63) is 65.7 Å². The molecule has 0 radical (unpaired) electrons. The van der Waals surface area contributed by atoms with Crippen LogP contribution in [0.1, 0.15) is 50.5 Å². The van der Waals surface area contributed by atoms with Crippen molar-refractivity contribution in [1.82, 2.24) is 0 Å². The Balaban J connectivity index is 2.06. The SMILES string of the molecule is CC(C)(C)OC(=O)N1c2ccccc2[C@@H](O)C[C@H]1c1ccccc1. The average Bonchev–Trinajstić information content (AvgIpc) is 2.54. The van der Waals surface area contributed by atoms with Crippen LogP contribution >= 0.6 is 0 Å². The summed E-state index contributed by atoms with van der Waals surface area (Å²) in [6, 6.07) is 17.0. The van der Waals surface area contributed by atoms with E-state index in [1.807, 2.05) is 75.4 Å². The predicted octanol–water partition coefficient (Wildman–Crippen LogP) is 4.61. The van der Waals surface area contributed by atoms with Crippen LogP contribution in [-0.2, 0) is 4.74 Å². The summed E-state index contributed by atoms with van der Waals surface area (Å²) < 4.78 is 5.63. The van der Waals surface area contributed by atoms with Gasteiger partial charge < -0.3 is 9.84 Å². The van der Waals surface area contributed by atoms with E-state index >= 15 is 0 Å². The number of anilines is 1. The zero-order valence-electron chi connectivity index (χ0n) is 14.3. The van der Waals surface area contributed by atoms with E-state index in [-0.39, 0.29) is 6.04 Å². The number of amides is 1. The van der Waals surface area contributed by atoms with Crippen molar-refractivity contribution < 1.29 is 14.6 Å². The van der Waals surface area contributed by atoms with Crippen LogP contribution < -0.4 is 4.90 Å². The molecule has 0 saturated heterocycles. The Bertz CT molecular complexity index is 721. The Labute approximate surface area is 142 Å². The lowest BCUT2D eigenvalue weighted by atomic mass is 9.89. The van der Waals surface area contributed by atoms with Crippen LogP contribution in [0.15, 0.2) is 54.6 Å². The summed E-state index contributed by atoms with van der Waals surface area (Å²) in [6.07, 6.45) is -0.555. The van der Waals surface area contributed by atoms with Crippen LogP contribution in [0.25, 0.3) is 0 Å². The lowest BCUT2D eigenvalue weighted by molar-refractivity contribution is 0.0536. The zero-order chi connectivity index (χ0) is 17.3. The van der Waals surface area contributed by atoms with Crippen LogP contribution in [0.5, 0.6) is 0 Å². The van der Waals surface area contributed by atoms with Crippen molar-refractivity contribution in [2.24, 2.45) is 0 Å². The molecule has 0 unspecified atom stereocenters. The van der Waals surface area contributed by atoms with Gasteiger partial charge in [-0.2, -0.15) is 0 Å². The fourth-order valence-corrected chi connectivity index (χ4v) is 3.10. The molecule has 126 valence electrons. The van der Waals surface area contributed by atoms with E-state index < -0.39 is 17.8 Å². The van der Waals surface area contributed by atoms with Gasteiger partial charge in [-0.15, -0.1) is 0 Å². The Hall–Kier alpha value is -2.33. The van der Waals surface area contributed by atoms with Gasteiger partial charge in [0.2, 0.25) is 0 Å². The molecular weight excluding hydrogens is 302 g/mol. The van der Waals surface area contributed by atoms with Gasteiger partial charge in [-0.1, -0.05) is 48.5 Å². The highest BCUT2D eigenvalue weighted by Gasteiger charge is 2.38. The molecule has 1 aliphatic heterocycles. The molecule has 0 saturated carbocycles. The number of fused-ring (bicyclic) bond motifs is 1. The van der Waals surface area contributed by atoms with E-state index in [9.17, 15) is 9.90 Å². The number of hydrogen-bond acceptors (Lipinski definition) is 3. The molecule has 0 aromatic heterocycles. The lowest BCUT2D eigenvalue weighted by Crippen LogP contribution is -2.42. The molecule has 0 aliphatic carbocycles. The summed E-state index contributed by atoms with van der Waals surface area (Å²) >= 11 is 0. The maximum atomic E-state index is 12.9. The second-order valence-corrected chi connectivity index (χ2v) is 7.09. The second-order valence-electron chi connectivity index (χ2n) is 7.09. The first-order valence-corrected chi connectivity index (χ1v) is 8.21. The molecule has 24 heavy (non-hydrogen) atoms. The van der Waals surface area contributed by atoms with Gasteiger partial charge in [-0.05, 0) is 32.4 Å². The molecule has 4 nitrogen and oxygen atoms in total. The van der Waals surface area contributed by atoms with Gasteiger partial charge in [-0.3, -0.25) is 4.90 Å². The number of ether oxygens (including phenoxy) is 1. The number of para-hydroxylation sites is 1. The van der Waals surface area contributed by atoms with Crippen molar-refractivity contribution in [2.45, 2.75) is 44.9 Å². The highest BCUT2D eigenvalue weighted by Crippen LogP contribution is 2.44. The van der Waals surface area contributed by atoms with Gasteiger partial charge in [0.1, 0.15) is 5.60 Å². The maximum Gasteiger partial charge on any atom is 0.415 e. The number of hydrogen-bond donors (Lipinski definition) is 1. The van der Waals surface area contributed by atoms with E-state index in [0.29, 0.717) is 12.1 Å². The van der Waals surface area contributed by atoms with Crippen molar-refractivity contribution in [2.75, 3.05) is 4.90 Å². The van der Waals surface area contributed by atoms with Crippen LogP contribution in [0.2, 0.25) is 0 Å². The summed E-state index contributed by atoms with van der Waals surface area (Å²) in [4.78, 5) is 14.6. The zero-order valence-corrected chi connectivity index (χ0v) is 14.3. The van der Waals surface area contributed by atoms with Crippen molar-refractivity contribution in [3.8, 4) is 0 Å². The Morgan fingerprint density at radius 2 is 1.71 bits per heavy atom. The molecule has 0 fully saturated rings. The minimum absolute atomic E-state index is 0.258. The molecule has 0 bridgehead atoms. The lowest BCUT2D eigenvalue weighted by Gasteiger charge is -2.40. The van der Waals surface area contributed by atoms with Crippen LogP contribution in [0.3, 0.4) is 0 Å². The first kappa shape index (κ1) is 16.5. The second kappa shape index (κ2) is 6.29. The third-order valence-corrected chi connectivity index (χ3v) is 4.09. The minimum atomic E-state index is -0.606. The maximum absolute atomic E-state index is 12.9. The molecule has 2 aromatic rings. The first-order valence-electron chi connectivity index (χ1n) is 8.21. The number of aliphatic hydroxyl groups is 1. The molecule has 1 aliphatic rings. The smallest absolute Gasteiger partial charge is 0.415 e. The monoisotopic (exact) mass is 325 g/mol. The summed E-state index contributed by atoms with van der Waals surface area (Å²) in [5.41, 5.74) is 1.87. The van der Waals surface area contributed by atoms with Crippen molar-refractivity contribution in [1.29, 1.82) is 0 Å². The molecular formula is C20H23NO3. The number of benzene rings is 2. The summed E-state index contributed by atoms with van der Waals surface area (Å²) in [5.74, 6) is 0. The third kappa shape index (κ3) is 3.29. The molecule has 1 amide bonds. The van der Waals surface area contributed by atoms with E-state index in [4.69, 9.17) is 4.74 Å². The van der Waals surface area contributed by atoms with E-state index in [0.717, 1.165) is 11.1 Å². The van der Waals surface area contributed by atoms with Crippen LogP contribution in [0.4, 0.5) is 10.5 Å². The molecule has 2 atom stereocenters.